The van der Waals surface area contributed by atoms with Gasteiger partial charge < -0.3 is 14.9 Å². The molecule has 0 saturated heterocycles. The van der Waals surface area contributed by atoms with Crippen LogP contribution in [-0.4, -0.2) is 12.1 Å². The predicted octanol–water partition coefficient (Wildman–Crippen LogP) is 12.2. The Bertz CT molecular complexity index is 1810. The van der Waals surface area contributed by atoms with Crippen LogP contribution in [0.25, 0.3) is 38.2 Å². The Hall–Kier alpha value is -2.00. The Balaban J connectivity index is 0.000000397. The van der Waals surface area contributed by atoms with E-state index in [2.05, 4.69) is 151 Å². The molecule has 0 aromatic heterocycles. The standard InChI is InChI=1S/C21H17.C17H17S.2CH3.2ClH.Si.Zr/c1-14-12-20-15(2)10-11-19(21(20)13-14)18-9-5-7-16-6-3-4-8-17(16)18;1-11(2)14-9-15-16(10-14)18-12(3)17(15)13-7-5-4-6-8-13;;;;;;/h3-13H,1-2H3;4-9,11-12H,1-3H3;2*1H3;2*1H;;/q4*-1;;;;. The first-order valence-corrected chi connectivity index (χ1v) is 19.2. The molecular weight excluding hydrogens is 703 g/mol. The third kappa shape index (κ3) is 8.68. The second-order valence-corrected chi connectivity index (χ2v) is 12.3. The molecular formula is C40H42Cl2SSiZr-4. The van der Waals surface area contributed by atoms with E-state index in [0.29, 0.717) is 11.2 Å². The van der Waals surface area contributed by atoms with Gasteiger partial charge in [-0.25, -0.2) is 6.08 Å². The number of benzene rings is 4. The van der Waals surface area contributed by atoms with Crippen molar-refractivity contribution in [2.75, 3.05) is 0 Å². The molecule has 45 heavy (non-hydrogen) atoms. The number of thioether (sulfide) groups is 1. The fourth-order valence-corrected chi connectivity index (χ4v) is 7.01. The first-order valence-electron chi connectivity index (χ1n) is 14.1. The summed E-state index contributed by atoms with van der Waals surface area (Å²) in [6.07, 6.45) is 5.90. The number of allylic oxidation sites excluding steroid dienone is 4. The van der Waals surface area contributed by atoms with E-state index in [1.807, 2.05) is 11.8 Å². The molecule has 0 N–H and O–H groups in total. The maximum atomic E-state index is 3.57. The van der Waals surface area contributed by atoms with Gasteiger partial charge >= 0.3 is 30.2 Å². The monoisotopic (exact) mass is 742 g/mol. The van der Waals surface area contributed by atoms with Crippen LogP contribution in [0.1, 0.15) is 37.5 Å². The zero-order valence-corrected chi connectivity index (χ0v) is 33.1. The number of rotatable bonds is 3. The summed E-state index contributed by atoms with van der Waals surface area (Å²) in [4.78, 5) is 1.34. The molecule has 0 saturated carbocycles. The van der Waals surface area contributed by atoms with Gasteiger partial charge in [0, 0.05) is 5.25 Å². The van der Waals surface area contributed by atoms with Crippen molar-refractivity contribution in [3.8, 4) is 11.1 Å². The molecule has 1 heterocycles. The number of halogens is 2. The Labute approximate surface area is 305 Å². The number of hydrogen-bond donors (Lipinski definition) is 0. The summed E-state index contributed by atoms with van der Waals surface area (Å²) in [5.74, 6) is 0.559. The first-order chi connectivity index (χ1) is 19.9. The Kier molecular flexibility index (Phi) is 16.7. The van der Waals surface area contributed by atoms with Crippen LogP contribution in [0.3, 0.4) is 0 Å². The van der Waals surface area contributed by atoms with Crippen LogP contribution >= 0.6 is 36.6 Å². The topological polar surface area (TPSA) is 0 Å². The van der Waals surface area contributed by atoms with Crippen molar-refractivity contribution in [1.82, 2.24) is 0 Å². The quantitative estimate of drug-likeness (QED) is 0.131. The van der Waals surface area contributed by atoms with Crippen molar-refractivity contribution >= 4 is 70.6 Å². The first kappa shape index (κ1) is 41.0. The normalized spacial score (nSPS) is 14.3. The van der Waals surface area contributed by atoms with E-state index in [1.54, 1.807) is 0 Å². The van der Waals surface area contributed by atoms with Gasteiger partial charge in [0.1, 0.15) is 0 Å². The van der Waals surface area contributed by atoms with E-state index < -0.39 is 0 Å². The molecule has 5 heteroatoms. The van der Waals surface area contributed by atoms with Gasteiger partial charge in [-0.2, -0.15) is 23.3 Å². The van der Waals surface area contributed by atoms with Crippen LogP contribution in [0.2, 0.25) is 0 Å². The summed E-state index contributed by atoms with van der Waals surface area (Å²) in [6.45, 7) is 14.2. The summed E-state index contributed by atoms with van der Waals surface area (Å²) in [6, 6.07) is 35.0. The molecule has 2 radical (unpaired) electrons. The van der Waals surface area contributed by atoms with Gasteiger partial charge in [0.2, 0.25) is 0 Å². The third-order valence-corrected chi connectivity index (χ3v) is 8.98. The van der Waals surface area contributed by atoms with Gasteiger partial charge in [-0.05, 0) is 34.7 Å². The Morgan fingerprint density at radius 3 is 2.11 bits per heavy atom. The minimum atomic E-state index is 0. The van der Waals surface area contributed by atoms with E-state index in [-0.39, 0.29) is 39.7 Å². The second-order valence-electron chi connectivity index (χ2n) is 11.0. The van der Waals surface area contributed by atoms with Gasteiger partial charge in [0.15, 0.2) is 0 Å². The summed E-state index contributed by atoms with van der Waals surface area (Å²) in [5.41, 5.74) is 10.9. The molecule has 0 fully saturated rings. The fourth-order valence-electron chi connectivity index (χ4n) is 5.81. The van der Waals surface area contributed by atoms with Crippen molar-refractivity contribution in [3.05, 3.63) is 157 Å². The van der Waals surface area contributed by atoms with Crippen LogP contribution in [0, 0.1) is 40.7 Å². The molecule has 5 aromatic carbocycles. The third-order valence-electron chi connectivity index (χ3n) is 7.83. The zero-order chi connectivity index (χ0) is 29.1. The predicted molar refractivity (Wildman–Crippen MR) is 205 cm³/mol. The van der Waals surface area contributed by atoms with E-state index in [9.17, 15) is 0 Å². The van der Waals surface area contributed by atoms with Gasteiger partial charge in [-0.3, -0.25) is 0 Å². The molecule has 0 spiro atoms. The van der Waals surface area contributed by atoms with Crippen molar-refractivity contribution in [1.29, 1.82) is 0 Å². The number of aryl methyl sites for hydroxylation is 2. The molecule has 0 amide bonds. The van der Waals surface area contributed by atoms with E-state index >= 15 is 0 Å². The average Bonchev–Trinajstić information content (AvgIpc) is 3.67. The summed E-state index contributed by atoms with van der Waals surface area (Å²) < 4.78 is 0. The maximum absolute atomic E-state index is 3.57. The Morgan fingerprint density at radius 1 is 0.800 bits per heavy atom. The molecule has 1 aliphatic carbocycles. The van der Waals surface area contributed by atoms with Crippen molar-refractivity contribution < 1.29 is 23.3 Å². The van der Waals surface area contributed by atoms with Crippen molar-refractivity contribution in [3.63, 3.8) is 0 Å². The molecule has 0 bridgehead atoms. The molecule has 1 atom stereocenters. The summed E-state index contributed by atoms with van der Waals surface area (Å²) in [7, 11) is 0. The van der Waals surface area contributed by atoms with E-state index in [4.69, 9.17) is 0 Å². The molecule has 7 rings (SSSR count). The zero-order valence-electron chi connectivity index (χ0n) is 27.2. The number of fused-ring (bicyclic) bond motifs is 3. The SMILES string of the molecule is CC(C)C1=CC2=C(c3ccccc3)C(C)SC2=[C-]1.Cc1cc2c(-c3cccc4ccccc34)ccc(C)c2[cH-]1.Cl.Cl.[CH3-].[CH3-].[Si]=[Zr]. The molecule has 1 aliphatic heterocycles. The van der Waals surface area contributed by atoms with Gasteiger partial charge in [0.05, 0.1) is 0 Å². The minimum absolute atomic E-state index is 0. The molecule has 2 aliphatic rings. The Morgan fingerprint density at radius 2 is 1.42 bits per heavy atom. The fraction of sp³-hybridized carbons (Fsp3) is 0.175. The second kappa shape index (κ2) is 18.4. The average molecular weight is 745 g/mol. The molecule has 1 unspecified atom stereocenters. The summed E-state index contributed by atoms with van der Waals surface area (Å²) >= 11 is 3.30. The van der Waals surface area contributed by atoms with E-state index in [1.165, 1.54) is 94.3 Å². The van der Waals surface area contributed by atoms with Crippen LogP contribution in [0.4, 0.5) is 0 Å². The summed E-state index contributed by atoms with van der Waals surface area (Å²) in [5, 5.41) is 5.90. The van der Waals surface area contributed by atoms with Gasteiger partial charge in [0.25, 0.3) is 0 Å². The van der Waals surface area contributed by atoms with Crippen molar-refractivity contribution in [2.24, 2.45) is 5.92 Å². The molecule has 0 nitrogen and oxygen atoms in total. The van der Waals surface area contributed by atoms with Crippen LogP contribution in [-0.2, 0) is 23.3 Å². The van der Waals surface area contributed by atoms with E-state index in [0.717, 1.165) is 0 Å². The van der Waals surface area contributed by atoms with Crippen molar-refractivity contribution in [2.45, 2.75) is 39.9 Å². The van der Waals surface area contributed by atoms with Gasteiger partial charge in [-0.1, -0.05) is 118 Å². The number of hydrogen-bond acceptors (Lipinski definition) is 1. The van der Waals surface area contributed by atoms with Crippen LogP contribution < -0.4 is 0 Å². The molecule has 234 valence electrons. The van der Waals surface area contributed by atoms with Crippen LogP contribution in [0.15, 0.2) is 119 Å². The van der Waals surface area contributed by atoms with Gasteiger partial charge in [-0.15, -0.1) is 75.5 Å². The van der Waals surface area contributed by atoms with Crippen LogP contribution in [0.5, 0.6) is 0 Å². The molecule has 5 aromatic rings.